The Kier molecular flexibility index (Phi) is 2.32. The summed E-state index contributed by atoms with van der Waals surface area (Å²) in [5.41, 5.74) is 0.0814. The molecule has 2 aromatic rings. The van der Waals surface area contributed by atoms with Crippen molar-refractivity contribution in [1.29, 1.82) is 0 Å². The van der Waals surface area contributed by atoms with Crippen LogP contribution in [-0.4, -0.2) is 22.1 Å². The normalized spacial score (nSPS) is 10.3. The van der Waals surface area contributed by atoms with E-state index in [-0.39, 0.29) is 17.0 Å². The zero-order valence-electron chi connectivity index (χ0n) is 8.38. The number of nitrogens with zero attached hydrogens (tertiary/aromatic N) is 2. The maximum absolute atomic E-state index is 10.8. The lowest BCUT2D eigenvalue weighted by Gasteiger charge is -2.03. The Morgan fingerprint density at radius 1 is 1.44 bits per heavy atom. The zero-order valence-corrected chi connectivity index (χ0v) is 8.38. The molecule has 1 aromatic heterocycles. The van der Waals surface area contributed by atoms with Crippen molar-refractivity contribution in [2.24, 2.45) is 0 Å². The Morgan fingerprint density at radius 2 is 2.19 bits per heavy atom. The first-order valence-corrected chi connectivity index (χ1v) is 4.43. The van der Waals surface area contributed by atoms with E-state index < -0.39 is 4.92 Å². The number of rotatable bonds is 2. The largest absolute Gasteiger partial charge is 0.506 e. The van der Waals surface area contributed by atoms with E-state index in [1.165, 1.54) is 25.4 Å². The molecule has 0 unspecified atom stereocenters. The SMILES string of the molecule is COc1cc([N+](=O)[O-])c2ncc(O)cc2c1. The van der Waals surface area contributed by atoms with Gasteiger partial charge >= 0.3 is 0 Å². The zero-order chi connectivity index (χ0) is 11.7. The van der Waals surface area contributed by atoms with Gasteiger partial charge in [-0.2, -0.15) is 0 Å². The molecule has 0 bridgehead atoms. The minimum atomic E-state index is -0.533. The maximum Gasteiger partial charge on any atom is 0.299 e. The van der Waals surface area contributed by atoms with Gasteiger partial charge in [0.15, 0.2) is 0 Å². The van der Waals surface area contributed by atoms with Crippen LogP contribution in [0.5, 0.6) is 11.5 Å². The van der Waals surface area contributed by atoms with Crippen molar-refractivity contribution in [1.82, 2.24) is 4.98 Å². The lowest BCUT2D eigenvalue weighted by Crippen LogP contribution is -1.93. The summed E-state index contributed by atoms with van der Waals surface area (Å²) >= 11 is 0. The van der Waals surface area contributed by atoms with Gasteiger partial charge in [-0.1, -0.05) is 0 Å². The molecule has 0 atom stereocenters. The number of aromatic hydroxyl groups is 1. The quantitative estimate of drug-likeness (QED) is 0.616. The molecule has 0 aliphatic rings. The number of hydrogen-bond acceptors (Lipinski definition) is 5. The fourth-order valence-corrected chi connectivity index (χ4v) is 1.45. The summed E-state index contributed by atoms with van der Waals surface area (Å²) in [6.45, 7) is 0. The van der Waals surface area contributed by atoms with Crippen molar-refractivity contribution >= 4 is 16.6 Å². The number of hydrogen-bond donors (Lipinski definition) is 1. The molecule has 0 fully saturated rings. The highest BCUT2D eigenvalue weighted by atomic mass is 16.6. The summed E-state index contributed by atoms with van der Waals surface area (Å²) in [7, 11) is 1.42. The molecule has 0 spiro atoms. The van der Waals surface area contributed by atoms with Crippen molar-refractivity contribution < 1.29 is 14.8 Å². The van der Waals surface area contributed by atoms with Crippen LogP contribution in [0.15, 0.2) is 24.4 Å². The third-order valence-electron chi connectivity index (χ3n) is 2.15. The van der Waals surface area contributed by atoms with Gasteiger partial charge in [0.25, 0.3) is 5.69 Å². The molecule has 82 valence electrons. The molecule has 1 heterocycles. The number of non-ortho nitro benzene ring substituents is 1. The Morgan fingerprint density at radius 3 is 2.81 bits per heavy atom. The standard InChI is InChI=1S/C10H8N2O4/c1-16-8-3-6-2-7(13)5-11-10(6)9(4-8)12(14)15/h2-5,13H,1H3. The van der Waals surface area contributed by atoms with Crippen LogP contribution in [0.2, 0.25) is 0 Å². The van der Waals surface area contributed by atoms with E-state index >= 15 is 0 Å². The van der Waals surface area contributed by atoms with Crippen molar-refractivity contribution in [3.05, 3.63) is 34.5 Å². The van der Waals surface area contributed by atoms with Crippen molar-refractivity contribution in [2.75, 3.05) is 7.11 Å². The molecule has 16 heavy (non-hydrogen) atoms. The maximum atomic E-state index is 10.8. The summed E-state index contributed by atoms with van der Waals surface area (Å²) < 4.78 is 4.94. The molecular weight excluding hydrogens is 212 g/mol. The van der Waals surface area contributed by atoms with Gasteiger partial charge in [0.05, 0.1) is 24.3 Å². The van der Waals surface area contributed by atoms with Gasteiger partial charge in [-0.05, 0) is 12.1 Å². The highest BCUT2D eigenvalue weighted by Crippen LogP contribution is 2.30. The highest BCUT2D eigenvalue weighted by molar-refractivity contribution is 5.89. The van der Waals surface area contributed by atoms with E-state index in [1.54, 1.807) is 6.07 Å². The van der Waals surface area contributed by atoms with Gasteiger partial charge in [-0.3, -0.25) is 10.1 Å². The number of nitro benzene ring substituents is 1. The predicted octanol–water partition coefficient (Wildman–Crippen LogP) is 1.86. The van der Waals surface area contributed by atoms with Crippen LogP contribution >= 0.6 is 0 Å². The molecule has 0 saturated carbocycles. The summed E-state index contributed by atoms with van der Waals surface area (Å²) in [6, 6.07) is 4.28. The third kappa shape index (κ3) is 1.60. The Labute approximate surface area is 90.3 Å². The highest BCUT2D eigenvalue weighted by Gasteiger charge is 2.15. The predicted molar refractivity (Wildman–Crippen MR) is 56.6 cm³/mol. The minimum absolute atomic E-state index is 0.0462. The number of benzene rings is 1. The van der Waals surface area contributed by atoms with E-state index in [2.05, 4.69) is 4.98 Å². The van der Waals surface area contributed by atoms with Gasteiger partial charge in [0.1, 0.15) is 17.0 Å². The summed E-state index contributed by atoms with van der Waals surface area (Å²) in [5, 5.41) is 20.5. The van der Waals surface area contributed by atoms with E-state index in [9.17, 15) is 15.2 Å². The number of fused-ring (bicyclic) bond motifs is 1. The number of nitro groups is 1. The molecule has 0 amide bonds. The molecular formula is C10H8N2O4. The number of pyridine rings is 1. The first-order valence-electron chi connectivity index (χ1n) is 4.43. The summed E-state index contributed by atoms with van der Waals surface area (Å²) in [5.74, 6) is 0.307. The van der Waals surface area contributed by atoms with Crippen LogP contribution in [0.25, 0.3) is 10.9 Å². The molecule has 0 aliphatic carbocycles. The lowest BCUT2D eigenvalue weighted by atomic mass is 10.2. The number of ether oxygens (including phenoxy) is 1. The molecule has 6 nitrogen and oxygen atoms in total. The molecule has 1 aromatic carbocycles. The van der Waals surface area contributed by atoms with Gasteiger partial charge in [-0.25, -0.2) is 4.98 Å². The van der Waals surface area contributed by atoms with Crippen LogP contribution in [0.4, 0.5) is 5.69 Å². The smallest absolute Gasteiger partial charge is 0.299 e. The second-order valence-corrected chi connectivity index (χ2v) is 3.17. The molecule has 0 aliphatic heterocycles. The second-order valence-electron chi connectivity index (χ2n) is 3.17. The molecule has 0 saturated heterocycles. The van der Waals surface area contributed by atoms with Gasteiger partial charge in [0, 0.05) is 5.39 Å². The van der Waals surface area contributed by atoms with E-state index in [0.29, 0.717) is 11.1 Å². The average molecular weight is 220 g/mol. The van der Waals surface area contributed by atoms with Crippen molar-refractivity contribution in [2.45, 2.75) is 0 Å². The van der Waals surface area contributed by atoms with Crippen LogP contribution in [0.1, 0.15) is 0 Å². The van der Waals surface area contributed by atoms with Crippen molar-refractivity contribution in [3.8, 4) is 11.5 Å². The fourth-order valence-electron chi connectivity index (χ4n) is 1.45. The first-order chi connectivity index (χ1) is 7.61. The van der Waals surface area contributed by atoms with Crippen molar-refractivity contribution in [3.63, 3.8) is 0 Å². The second kappa shape index (κ2) is 3.65. The summed E-state index contributed by atoms with van der Waals surface area (Å²) in [6.07, 6.45) is 1.17. The monoisotopic (exact) mass is 220 g/mol. The number of aromatic nitrogens is 1. The van der Waals surface area contributed by atoms with Gasteiger partial charge in [-0.15, -0.1) is 0 Å². The molecule has 2 rings (SSSR count). The van der Waals surface area contributed by atoms with Gasteiger partial charge in [0.2, 0.25) is 0 Å². The van der Waals surface area contributed by atoms with Gasteiger partial charge < -0.3 is 9.84 Å². The molecule has 1 N–H and O–H groups in total. The van der Waals surface area contributed by atoms with Crippen LogP contribution in [0.3, 0.4) is 0 Å². The fraction of sp³-hybridized carbons (Fsp3) is 0.100. The topological polar surface area (TPSA) is 85.5 Å². The molecule has 0 radical (unpaired) electrons. The van der Waals surface area contributed by atoms with E-state index in [4.69, 9.17) is 4.74 Å². The Balaban J connectivity index is 2.81. The summed E-state index contributed by atoms with van der Waals surface area (Å²) in [4.78, 5) is 14.1. The minimum Gasteiger partial charge on any atom is -0.506 e. The van der Waals surface area contributed by atoms with E-state index in [1.807, 2.05) is 0 Å². The average Bonchev–Trinajstić information content (AvgIpc) is 2.26. The first kappa shape index (κ1) is 10.2. The van der Waals surface area contributed by atoms with Crippen LogP contribution in [-0.2, 0) is 0 Å². The van der Waals surface area contributed by atoms with Crippen LogP contribution in [0, 0.1) is 10.1 Å². The lowest BCUT2D eigenvalue weighted by molar-refractivity contribution is -0.383. The molecule has 6 heteroatoms. The van der Waals surface area contributed by atoms with E-state index in [0.717, 1.165) is 0 Å². The third-order valence-corrected chi connectivity index (χ3v) is 2.15. The number of methoxy groups -OCH3 is 1. The van der Waals surface area contributed by atoms with Crippen LogP contribution < -0.4 is 4.74 Å². The Hall–Kier alpha value is -2.37. The Bertz CT molecular complexity index is 568.